The van der Waals surface area contributed by atoms with Gasteiger partial charge in [0.2, 0.25) is 5.95 Å². The van der Waals surface area contributed by atoms with Crippen LogP contribution in [0.25, 0.3) is 22.3 Å². The monoisotopic (exact) mass is 404 g/mol. The number of aliphatic hydroxyl groups excluding tert-OH is 1. The zero-order valence-electron chi connectivity index (χ0n) is 15.7. The molecule has 0 unspecified atom stereocenters. The van der Waals surface area contributed by atoms with E-state index >= 15 is 0 Å². The van der Waals surface area contributed by atoms with Crippen molar-refractivity contribution in [2.45, 2.75) is 32.5 Å². The molecule has 0 amide bonds. The van der Waals surface area contributed by atoms with E-state index in [4.69, 9.17) is 0 Å². The first-order valence-corrected chi connectivity index (χ1v) is 8.92. The van der Waals surface area contributed by atoms with E-state index in [0.717, 1.165) is 12.3 Å². The Morgan fingerprint density at radius 1 is 1.28 bits per heavy atom. The fraction of sp³-hybridized carbons (Fsp3) is 0.368. The molecular formula is C19H19F3N6O. The number of aromatic amines is 1. The molecule has 3 aromatic rings. The van der Waals surface area contributed by atoms with Crippen LogP contribution in [0.3, 0.4) is 0 Å². The molecule has 7 nitrogen and oxygen atoms in total. The van der Waals surface area contributed by atoms with Crippen molar-refractivity contribution in [3.63, 3.8) is 0 Å². The predicted molar refractivity (Wildman–Crippen MR) is 101 cm³/mol. The van der Waals surface area contributed by atoms with Crippen LogP contribution in [0.5, 0.6) is 0 Å². The number of aromatic nitrogens is 4. The SMILES string of the molecule is CC(C)C[C@H](CO)Nc1ncc(C#N)c(-c2c[nH]c3ncc(C(F)(F)F)cc23)n1. The molecule has 152 valence electrons. The predicted octanol–water partition coefficient (Wildman–Crippen LogP) is 3.73. The van der Waals surface area contributed by atoms with E-state index in [2.05, 4.69) is 25.3 Å². The Morgan fingerprint density at radius 2 is 2.03 bits per heavy atom. The van der Waals surface area contributed by atoms with Gasteiger partial charge in [0.15, 0.2) is 0 Å². The molecule has 0 fully saturated rings. The van der Waals surface area contributed by atoms with Gasteiger partial charge in [-0.2, -0.15) is 18.4 Å². The molecule has 10 heteroatoms. The van der Waals surface area contributed by atoms with Crippen LogP contribution >= 0.6 is 0 Å². The lowest BCUT2D eigenvalue weighted by atomic mass is 10.0. The number of nitriles is 1. The molecule has 0 spiro atoms. The molecule has 1 atom stereocenters. The molecule has 3 rings (SSSR count). The van der Waals surface area contributed by atoms with E-state index in [1.54, 1.807) is 0 Å². The second-order valence-electron chi connectivity index (χ2n) is 7.04. The van der Waals surface area contributed by atoms with Gasteiger partial charge in [0.25, 0.3) is 0 Å². The zero-order valence-corrected chi connectivity index (χ0v) is 15.7. The molecule has 0 aliphatic rings. The van der Waals surface area contributed by atoms with Crippen LogP contribution < -0.4 is 5.32 Å². The maximum absolute atomic E-state index is 13.1. The lowest BCUT2D eigenvalue weighted by Gasteiger charge is -2.18. The molecule has 3 N–H and O–H groups in total. The molecule has 3 heterocycles. The Bertz CT molecular complexity index is 1050. The van der Waals surface area contributed by atoms with Crippen molar-refractivity contribution in [2.75, 3.05) is 11.9 Å². The molecule has 0 aliphatic heterocycles. The average Bonchev–Trinajstić information content (AvgIpc) is 3.09. The van der Waals surface area contributed by atoms with E-state index in [1.165, 1.54) is 12.4 Å². The average molecular weight is 404 g/mol. The third-order valence-corrected chi connectivity index (χ3v) is 4.33. The maximum Gasteiger partial charge on any atom is 0.417 e. The second kappa shape index (κ2) is 8.05. The van der Waals surface area contributed by atoms with E-state index in [-0.39, 0.29) is 40.9 Å². The number of halogens is 3. The molecule has 0 aliphatic carbocycles. The highest BCUT2D eigenvalue weighted by Gasteiger charge is 2.31. The van der Waals surface area contributed by atoms with Gasteiger partial charge in [-0.15, -0.1) is 0 Å². The van der Waals surface area contributed by atoms with Gasteiger partial charge in [-0.1, -0.05) is 13.8 Å². The molecular weight excluding hydrogens is 385 g/mol. The van der Waals surface area contributed by atoms with Crippen LogP contribution in [0, 0.1) is 17.2 Å². The third-order valence-electron chi connectivity index (χ3n) is 4.33. The first-order chi connectivity index (χ1) is 13.7. The Hall–Kier alpha value is -3.19. The van der Waals surface area contributed by atoms with Crippen molar-refractivity contribution >= 4 is 17.0 Å². The van der Waals surface area contributed by atoms with E-state index in [9.17, 15) is 23.5 Å². The van der Waals surface area contributed by atoms with Crippen LogP contribution in [0.15, 0.2) is 24.7 Å². The van der Waals surface area contributed by atoms with Crippen molar-refractivity contribution < 1.29 is 18.3 Å². The van der Waals surface area contributed by atoms with Gasteiger partial charge >= 0.3 is 6.18 Å². The van der Waals surface area contributed by atoms with Gasteiger partial charge in [-0.3, -0.25) is 0 Å². The van der Waals surface area contributed by atoms with Gasteiger partial charge in [0, 0.05) is 23.3 Å². The smallest absolute Gasteiger partial charge is 0.394 e. The lowest BCUT2D eigenvalue weighted by molar-refractivity contribution is -0.137. The first-order valence-electron chi connectivity index (χ1n) is 8.92. The summed E-state index contributed by atoms with van der Waals surface area (Å²) < 4.78 is 39.3. The Labute approximate surface area is 164 Å². The van der Waals surface area contributed by atoms with Crippen LogP contribution in [0.1, 0.15) is 31.4 Å². The van der Waals surface area contributed by atoms with Crippen LogP contribution in [-0.2, 0) is 6.18 Å². The first kappa shape index (κ1) is 20.5. The van der Waals surface area contributed by atoms with Gasteiger partial charge < -0.3 is 15.4 Å². The minimum absolute atomic E-state index is 0.110. The number of alkyl halides is 3. The second-order valence-corrected chi connectivity index (χ2v) is 7.04. The number of H-pyrrole nitrogens is 1. The summed E-state index contributed by atoms with van der Waals surface area (Å²) in [5.41, 5.74) is -0.0472. The number of nitrogens with zero attached hydrogens (tertiary/aromatic N) is 4. The summed E-state index contributed by atoms with van der Waals surface area (Å²) in [6.45, 7) is 3.88. The maximum atomic E-state index is 13.1. The van der Waals surface area contributed by atoms with Crippen molar-refractivity contribution in [3.05, 3.63) is 35.8 Å². The number of rotatable bonds is 6. The summed E-state index contributed by atoms with van der Waals surface area (Å²) in [6, 6.07) is 2.64. The zero-order chi connectivity index (χ0) is 21.2. The van der Waals surface area contributed by atoms with Gasteiger partial charge in [-0.05, 0) is 18.4 Å². The minimum atomic E-state index is -4.54. The molecule has 3 aromatic heterocycles. The number of hydrogen-bond acceptors (Lipinski definition) is 6. The molecule has 0 saturated carbocycles. The van der Waals surface area contributed by atoms with E-state index < -0.39 is 11.7 Å². The van der Waals surface area contributed by atoms with Crippen LogP contribution in [0.2, 0.25) is 0 Å². The quantitative estimate of drug-likeness (QED) is 0.577. The van der Waals surface area contributed by atoms with Crippen LogP contribution in [0.4, 0.5) is 19.1 Å². The standard InChI is InChI=1S/C19H19F3N6O/c1-10(2)3-13(9-29)27-18-26-6-11(5-23)16(28-18)15-8-25-17-14(15)4-12(7-24-17)19(20,21)22/h4,6-8,10,13,29H,3,9H2,1-2H3,(H,24,25)(H,26,27,28)/t13-/m1/s1. The highest BCUT2D eigenvalue weighted by atomic mass is 19.4. The minimum Gasteiger partial charge on any atom is -0.394 e. The summed E-state index contributed by atoms with van der Waals surface area (Å²) >= 11 is 0. The number of fused-ring (bicyclic) bond motifs is 1. The summed E-state index contributed by atoms with van der Waals surface area (Å²) in [7, 11) is 0. The lowest BCUT2D eigenvalue weighted by Crippen LogP contribution is -2.26. The number of pyridine rings is 1. The largest absolute Gasteiger partial charge is 0.417 e. The fourth-order valence-corrected chi connectivity index (χ4v) is 3.02. The number of anilines is 1. The number of hydrogen-bond donors (Lipinski definition) is 3. The van der Waals surface area contributed by atoms with Crippen molar-refractivity contribution in [3.8, 4) is 17.3 Å². The molecule has 29 heavy (non-hydrogen) atoms. The van der Waals surface area contributed by atoms with Gasteiger partial charge in [0.05, 0.1) is 35.7 Å². The van der Waals surface area contributed by atoms with E-state index in [1.807, 2.05) is 19.9 Å². The summed E-state index contributed by atoms with van der Waals surface area (Å²) in [5.74, 6) is 0.492. The highest BCUT2D eigenvalue weighted by Crippen LogP contribution is 2.34. The highest BCUT2D eigenvalue weighted by molar-refractivity contribution is 5.94. The number of aliphatic hydroxyl groups is 1. The van der Waals surface area contributed by atoms with Gasteiger partial charge in [-0.25, -0.2) is 15.0 Å². The Morgan fingerprint density at radius 3 is 2.66 bits per heavy atom. The molecule has 0 radical (unpaired) electrons. The Balaban J connectivity index is 2.07. The van der Waals surface area contributed by atoms with Crippen molar-refractivity contribution in [2.24, 2.45) is 5.92 Å². The van der Waals surface area contributed by atoms with Gasteiger partial charge in [0.1, 0.15) is 11.7 Å². The number of nitrogens with one attached hydrogen (secondary N) is 2. The Kier molecular flexibility index (Phi) is 5.70. The topological polar surface area (TPSA) is 111 Å². The summed E-state index contributed by atoms with van der Waals surface area (Å²) in [6.07, 6.45) is -0.367. The summed E-state index contributed by atoms with van der Waals surface area (Å²) in [5, 5.41) is 22.2. The van der Waals surface area contributed by atoms with Crippen molar-refractivity contribution in [1.29, 1.82) is 5.26 Å². The van der Waals surface area contributed by atoms with Crippen molar-refractivity contribution in [1.82, 2.24) is 19.9 Å². The molecule has 0 saturated heterocycles. The summed E-state index contributed by atoms with van der Waals surface area (Å²) in [4.78, 5) is 15.0. The fourth-order valence-electron chi connectivity index (χ4n) is 3.02. The third kappa shape index (κ3) is 4.46. The normalized spacial score (nSPS) is 12.9. The van der Waals surface area contributed by atoms with E-state index in [0.29, 0.717) is 17.9 Å². The molecule has 0 bridgehead atoms. The molecule has 0 aromatic carbocycles. The van der Waals surface area contributed by atoms with Crippen LogP contribution in [-0.4, -0.2) is 37.7 Å².